The number of amides is 2. The zero-order chi connectivity index (χ0) is 23.3. The van der Waals surface area contributed by atoms with Crippen LogP contribution in [0.15, 0.2) is 42.7 Å². The molecule has 6 nitrogen and oxygen atoms in total. The highest BCUT2D eigenvalue weighted by molar-refractivity contribution is 6.31. The van der Waals surface area contributed by atoms with Crippen molar-refractivity contribution in [2.45, 2.75) is 71.5 Å². The van der Waals surface area contributed by atoms with Crippen LogP contribution in [0.3, 0.4) is 0 Å². The highest BCUT2D eigenvalue weighted by Gasteiger charge is 2.33. The summed E-state index contributed by atoms with van der Waals surface area (Å²) in [4.78, 5) is 31.7. The number of carbonyl (C=O) groups is 2. The minimum atomic E-state index is -0.249. The number of nitrogens with zero attached hydrogens (tertiary/aromatic N) is 2. The fraction of sp³-hybridized carbons (Fsp3) is 0.480. The molecule has 2 atom stereocenters. The molecule has 0 bridgehead atoms. The standard InChI is InChI=1S/C25H33ClN4O2/c1-25(2,3)14-23(31)30(22-9-5-4-8-21(22)27)16-18-13-19(10-11-20(18)26)29-24(32)17-7-6-12-28-15-17/h6-7,10-13,15,21-22H,4-5,8-9,14,16,27H2,1-3H3,(H,29,32). The minimum Gasteiger partial charge on any atom is -0.334 e. The van der Waals surface area contributed by atoms with Crippen molar-refractivity contribution in [1.29, 1.82) is 0 Å². The van der Waals surface area contributed by atoms with Crippen molar-refractivity contribution in [3.05, 3.63) is 58.9 Å². The van der Waals surface area contributed by atoms with Crippen LogP contribution < -0.4 is 11.1 Å². The molecular weight excluding hydrogens is 424 g/mol. The SMILES string of the molecule is CC(C)(C)CC(=O)N(Cc1cc(NC(=O)c2cccnc2)ccc1Cl)C1CCCCC1N. The lowest BCUT2D eigenvalue weighted by Crippen LogP contribution is -2.52. The first-order chi connectivity index (χ1) is 15.1. The minimum absolute atomic E-state index is 0.0108. The Morgan fingerprint density at radius 1 is 1.22 bits per heavy atom. The molecule has 3 N–H and O–H groups in total. The molecule has 0 aliphatic heterocycles. The van der Waals surface area contributed by atoms with E-state index in [0.29, 0.717) is 29.2 Å². The van der Waals surface area contributed by atoms with Gasteiger partial charge in [0, 0.05) is 48.2 Å². The first-order valence-electron chi connectivity index (χ1n) is 11.2. The van der Waals surface area contributed by atoms with Crippen LogP contribution in [-0.4, -0.2) is 33.8 Å². The first kappa shape index (κ1) is 24.2. The molecule has 0 radical (unpaired) electrons. The molecule has 7 heteroatoms. The summed E-state index contributed by atoms with van der Waals surface area (Å²) in [6, 6.07) is 8.72. The van der Waals surface area contributed by atoms with Crippen LogP contribution in [0.4, 0.5) is 5.69 Å². The third kappa shape index (κ3) is 6.53. The molecular formula is C25H33ClN4O2. The summed E-state index contributed by atoms with van der Waals surface area (Å²) in [5.41, 5.74) is 8.19. The first-order valence-corrected chi connectivity index (χ1v) is 11.6. The van der Waals surface area contributed by atoms with Crippen LogP contribution in [-0.2, 0) is 11.3 Å². The van der Waals surface area contributed by atoms with Crippen molar-refractivity contribution in [1.82, 2.24) is 9.88 Å². The summed E-state index contributed by atoms with van der Waals surface area (Å²) in [5, 5.41) is 3.45. The maximum absolute atomic E-state index is 13.3. The number of hydrogen-bond acceptors (Lipinski definition) is 4. The van der Waals surface area contributed by atoms with Crippen LogP contribution in [0.25, 0.3) is 0 Å². The second-order valence-corrected chi connectivity index (χ2v) is 10.2. The molecule has 0 saturated heterocycles. The van der Waals surface area contributed by atoms with Crippen molar-refractivity contribution >= 4 is 29.1 Å². The van der Waals surface area contributed by atoms with Gasteiger partial charge in [0.25, 0.3) is 5.91 Å². The molecule has 1 aliphatic rings. The highest BCUT2D eigenvalue weighted by Crippen LogP contribution is 2.30. The number of anilines is 1. The Morgan fingerprint density at radius 2 is 1.97 bits per heavy atom. The van der Waals surface area contributed by atoms with Crippen LogP contribution in [0.5, 0.6) is 0 Å². The van der Waals surface area contributed by atoms with Gasteiger partial charge in [-0.1, -0.05) is 45.2 Å². The second kappa shape index (κ2) is 10.5. The highest BCUT2D eigenvalue weighted by atomic mass is 35.5. The fourth-order valence-corrected chi connectivity index (χ4v) is 4.31. The van der Waals surface area contributed by atoms with E-state index in [2.05, 4.69) is 31.1 Å². The molecule has 32 heavy (non-hydrogen) atoms. The summed E-state index contributed by atoms with van der Waals surface area (Å²) < 4.78 is 0. The number of pyridine rings is 1. The van der Waals surface area contributed by atoms with E-state index in [1.807, 2.05) is 11.0 Å². The Labute approximate surface area is 195 Å². The maximum Gasteiger partial charge on any atom is 0.257 e. The number of carbonyl (C=O) groups excluding carboxylic acids is 2. The molecule has 2 unspecified atom stereocenters. The van der Waals surface area contributed by atoms with Crippen molar-refractivity contribution in [2.75, 3.05) is 5.32 Å². The Morgan fingerprint density at radius 3 is 2.62 bits per heavy atom. The zero-order valence-electron chi connectivity index (χ0n) is 19.1. The van der Waals surface area contributed by atoms with Crippen molar-refractivity contribution in [2.24, 2.45) is 11.1 Å². The second-order valence-electron chi connectivity index (χ2n) is 9.78. The van der Waals surface area contributed by atoms with Crippen molar-refractivity contribution in [3.63, 3.8) is 0 Å². The molecule has 0 spiro atoms. The molecule has 1 saturated carbocycles. The lowest BCUT2D eigenvalue weighted by Gasteiger charge is -2.39. The summed E-state index contributed by atoms with van der Waals surface area (Å²) in [6.45, 7) is 6.55. The molecule has 1 aromatic heterocycles. The lowest BCUT2D eigenvalue weighted by atomic mass is 9.87. The van der Waals surface area contributed by atoms with E-state index in [9.17, 15) is 9.59 Å². The number of hydrogen-bond donors (Lipinski definition) is 2. The average molecular weight is 457 g/mol. The van der Waals surface area contributed by atoms with Crippen LogP contribution in [0, 0.1) is 5.41 Å². The van der Waals surface area contributed by atoms with Gasteiger partial charge in [0.2, 0.25) is 5.91 Å². The maximum atomic E-state index is 13.3. The van der Waals surface area contributed by atoms with Crippen molar-refractivity contribution in [3.8, 4) is 0 Å². The Bertz CT molecular complexity index is 943. The topological polar surface area (TPSA) is 88.3 Å². The smallest absolute Gasteiger partial charge is 0.257 e. The summed E-state index contributed by atoms with van der Waals surface area (Å²) >= 11 is 6.52. The van der Waals surface area contributed by atoms with Gasteiger partial charge in [-0.15, -0.1) is 0 Å². The van der Waals surface area contributed by atoms with E-state index in [4.69, 9.17) is 17.3 Å². The fourth-order valence-electron chi connectivity index (χ4n) is 4.13. The number of halogens is 1. The molecule has 3 rings (SSSR count). The normalized spacial score (nSPS) is 18.8. The van der Waals surface area contributed by atoms with E-state index in [-0.39, 0.29) is 29.3 Å². The van der Waals surface area contributed by atoms with E-state index < -0.39 is 0 Å². The van der Waals surface area contributed by atoms with Crippen LogP contribution in [0.1, 0.15) is 68.8 Å². The Kier molecular flexibility index (Phi) is 7.91. The summed E-state index contributed by atoms with van der Waals surface area (Å²) in [7, 11) is 0. The molecule has 172 valence electrons. The van der Waals surface area contributed by atoms with Crippen molar-refractivity contribution < 1.29 is 9.59 Å². The summed E-state index contributed by atoms with van der Waals surface area (Å²) in [6.07, 6.45) is 7.54. The van der Waals surface area contributed by atoms with Gasteiger partial charge in [-0.3, -0.25) is 14.6 Å². The predicted molar refractivity (Wildman–Crippen MR) is 128 cm³/mol. The number of nitrogens with two attached hydrogens (primary N) is 1. The Balaban J connectivity index is 1.84. The van der Waals surface area contributed by atoms with Gasteiger partial charge in [-0.25, -0.2) is 0 Å². The quantitative estimate of drug-likeness (QED) is 0.638. The van der Waals surface area contributed by atoms with E-state index >= 15 is 0 Å². The Hall–Kier alpha value is -2.44. The molecule has 1 heterocycles. The van der Waals surface area contributed by atoms with Gasteiger partial charge < -0.3 is 16.0 Å². The number of benzene rings is 1. The van der Waals surface area contributed by atoms with E-state index in [0.717, 1.165) is 31.2 Å². The van der Waals surface area contributed by atoms with Gasteiger partial charge in [0.05, 0.1) is 5.56 Å². The average Bonchev–Trinajstić information content (AvgIpc) is 2.74. The van der Waals surface area contributed by atoms with Crippen LogP contribution >= 0.6 is 11.6 Å². The van der Waals surface area contributed by atoms with Gasteiger partial charge in [-0.05, 0) is 54.2 Å². The molecule has 2 amide bonds. The van der Waals surface area contributed by atoms with Gasteiger partial charge in [0.1, 0.15) is 0 Å². The third-order valence-electron chi connectivity index (χ3n) is 5.75. The van der Waals surface area contributed by atoms with Gasteiger partial charge in [-0.2, -0.15) is 0 Å². The lowest BCUT2D eigenvalue weighted by molar-refractivity contribution is -0.137. The number of rotatable bonds is 6. The number of nitrogens with one attached hydrogen (secondary N) is 1. The summed E-state index contributed by atoms with van der Waals surface area (Å²) in [5.74, 6) is -0.165. The molecule has 1 aromatic carbocycles. The van der Waals surface area contributed by atoms with Gasteiger partial charge in [0.15, 0.2) is 0 Å². The predicted octanol–water partition coefficient (Wildman–Crippen LogP) is 5.02. The molecule has 1 fully saturated rings. The number of aromatic nitrogens is 1. The molecule has 2 aromatic rings. The van der Waals surface area contributed by atoms with E-state index in [1.54, 1.807) is 30.5 Å². The third-order valence-corrected chi connectivity index (χ3v) is 6.12. The van der Waals surface area contributed by atoms with Crippen LogP contribution in [0.2, 0.25) is 5.02 Å². The zero-order valence-corrected chi connectivity index (χ0v) is 19.9. The molecule has 1 aliphatic carbocycles. The van der Waals surface area contributed by atoms with Gasteiger partial charge >= 0.3 is 0 Å². The largest absolute Gasteiger partial charge is 0.334 e. The monoisotopic (exact) mass is 456 g/mol. The van der Waals surface area contributed by atoms with E-state index in [1.165, 1.54) is 6.20 Å².